The summed E-state index contributed by atoms with van der Waals surface area (Å²) >= 11 is -2.15. The number of nitrogens with one attached hydrogen (secondary N) is 1. The Morgan fingerprint density at radius 1 is 1.56 bits per heavy atom. The average molecular weight is 152 g/mol. The Morgan fingerprint density at radius 3 is 2.67 bits per heavy atom. The lowest BCUT2D eigenvalue weighted by atomic mass is 10.3. The van der Waals surface area contributed by atoms with Crippen LogP contribution >= 0.6 is 0 Å². The van der Waals surface area contributed by atoms with Gasteiger partial charge in [-0.3, -0.25) is 4.21 Å². The van der Waals surface area contributed by atoms with Crippen molar-refractivity contribution in [2.45, 2.75) is 12.8 Å². The quantitative estimate of drug-likeness (QED) is 0.398. The van der Waals surface area contributed by atoms with E-state index in [-0.39, 0.29) is 6.61 Å². The molecule has 0 bridgehead atoms. The van der Waals surface area contributed by atoms with Crippen LogP contribution in [-0.4, -0.2) is 27.0 Å². The van der Waals surface area contributed by atoms with E-state index in [1.807, 2.05) is 0 Å². The minimum atomic E-state index is -2.15. The second-order valence-corrected chi connectivity index (χ2v) is 2.32. The molecule has 0 aromatic carbocycles. The first-order valence-electron chi connectivity index (χ1n) is 2.71. The van der Waals surface area contributed by atoms with Crippen LogP contribution in [0.3, 0.4) is 0 Å². The van der Waals surface area contributed by atoms with E-state index in [2.05, 4.69) is 4.72 Å². The van der Waals surface area contributed by atoms with Crippen LogP contribution in [0.15, 0.2) is 0 Å². The predicted octanol–water partition coefficient (Wildman–Crippen LogP) is -0.857. The summed E-state index contributed by atoms with van der Waals surface area (Å²) in [5.74, 6) is 0. The number of aliphatic hydroxyl groups is 1. The van der Waals surface area contributed by atoms with Crippen LogP contribution in [0.25, 0.3) is 0 Å². The third kappa shape index (κ3) is 8.03. The molecule has 56 valence electrons. The van der Waals surface area contributed by atoms with Gasteiger partial charge >= 0.3 is 0 Å². The number of unbranched alkanes of at least 4 members (excludes halogenated alkanes) is 1. The summed E-state index contributed by atoms with van der Waals surface area (Å²) in [6, 6.07) is 0. The van der Waals surface area contributed by atoms with Crippen molar-refractivity contribution in [2.75, 3.05) is 13.2 Å². The van der Waals surface area contributed by atoms with Gasteiger partial charge < -0.3 is 9.66 Å². The van der Waals surface area contributed by atoms with Gasteiger partial charge in [-0.1, -0.05) is 0 Å². The molecule has 1 unspecified atom stereocenters. The van der Waals surface area contributed by atoms with E-state index in [1.165, 1.54) is 0 Å². The molecule has 0 saturated carbocycles. The zero-order valence-electron chi connectivity index (χ0n) is 5.00. The third-order valence-corrected chi connectivity index (χ3v) is 1.24. The maximum absolute atomic E-state index is 9.79. The van der Waals surface area contributed by atoms with Crippen molar-refractivity contribution >= 4 is 11.3 Å². The first-order valence-corrected chi connectivity index (χ1v) is 3.78. The summed E-state index contributed by atoms with van der Waals surface area (Å²) in [7, 11) is 0. The largest absolute Gasteiger partial charge is 0.760 e. The molecule has 0 spiro atoms. The monoisotopic (exact) mass is 152 g/mol. The van der Waals surface area contributed by atoms with Gasteiger partial charge in [0.05, 0.1) is 0 Å². The van der Waals surface area contributed by atoms with Gasteiger partial charge in [-0.2, -0.15) is 0 Å². The normalized spacial score (nSPS) is 13.6. The first-order chi connectivity index (χ1) is 4.27. The lowest BCUT2D eigenvalue weighted by molar-refractivity contribution is 0.285. The van der Waals surface area contributed by atoms with Crippen molar-refractivity contribution in [2.24, 2.45) is 0 Å². The van der Waals surface area contributed by atoms with E-state index in [4.69, 9.17) is 5.11 Å². The highest BCUT2D eigenvalue weighted by Gasteiger charge is 1.84. The maximum atomic E-state index is 9.79. The highest BCUT2D eigenvalue weighted by Crippen LogP contribution is 1.82. The smallest absolute Gasteiger partial charge is 0.0431 e. The fraction of sp³-hybridized carbons (Fsp3) is 1.00. The second kappa shape index (κ2) is 6.15. The van der Waals surface area contributed by atoms with Crippen LogP contribution < -0.4 is 4.72 Å². The predicted molar refractivity (Wildman–Crippen MR) is 33.2 cm³/mol. The highest BCUT2D eigenvalue weighted by molar-refractivity contribution is 7.77. The summed E-state index contributed by atoms with van der Waals surface area (Å²) < 4.78 is 21.8. The molecule has 0 aliphatic heterocycles. The highest BCUT2D eigenvalue weighted by atomic mass is 32.2. The topological polar surface area (TPSA) is 72.4 Å². The van der Waals surface area contributed by atoms with Crippen LogP contribution in [0.2, 0.25) is 0 Å². The molecule has 0 aliphatic carbocycles. The van der Waals surface area contributed by atoms with Crippen LogP contribution in [0, 0.1) is 0 Å². The van der Waals surface area contributed by atoms with Gasteiger partial charge in [0, 0.05) is 24.4 Å². The molecule has 0 fully saturated rings. The summed E-state index contributed by atoms with van der Waals surface area (Å²) in [4.78, 5) is 0. The van der Waals surface area contributed by atoms with E-state index in [0.717, 1.165) is 0 Å². The van der Waals surface area contributed by atoms with Crippen LogP contribution in [0.4, 0.5) is 0 Å². The molecule has 9 heavy (non-hydrogen) atoms. The molecular weight excluding hydrogens is 142 g/mol. The van der Waals surface area contributed by atoms with E-state index in [1.54, 1.807) is 0 Å². The fourth-order valence-corrected chi connectivity index (χ4v) is 0.703. The number of aliphatic hydroxyl groups excluding tert-OH is 1. The van der Waals surface area contributed by atoms with Crippen molar-refractivity contribution in [3.05, 3.63) is 0 Å². The molecule has 0 rings (SSSR count). The van der Waals surface area contributed by atoms with Crippen molar-refractivity contribution in [1.29, 1.82) is 0 Å². The van der Waals surface area contributed by atoms with Gasteiger partial charge in [-0.15, -0.1) is 0 Å². The summed E-state index contributed by atoms with van der Waals surface area (Å²) in [5, 5.41) is 8.25. The lowest BCUT2D eigenvalue weighted by Gasteiger charge is -2.04. The van der Waals surface area contributed by atoms with Gasteiger partial charge in [-0.05, 0) is 12.8 Å². The molecule has 0 aromatic heterocycles. The van der Waals surface area contributed by atoms with Crippen molar-refractivity contribution in [3.63, 3.8) is 0 Å². The Balaban J connectivity index is 2.83. The van der Waals surface area contributed by atoms with Gasteiger partial charge in [-0.25, -0.2) is 4.72 Å². The summed E-state index contributed by atoms with van der Waals surface area (Å²) in [6.07, 6.45) is 1.33. The molecule has 0 radical (unpaired) electrons. The van der Waals surface area contributed by atoms with Gasteiger partial charge in [0.25, 0.3) is 0 Å². The molecule has 2 N–H and O–H groups in total. The second-order valence-electron chi connectivity index (χ2n) is 1.56. The third-order valence-electron chi connectivity index (χ3n) is 0.805. The Kier molecular flexibility index (Phi) is 6.18. The van der Waals surface area contributed by atoms with Crippen LogP contribution in [0.5, 0.6) is 0 Å². The van der Waals surface area contributed by atoms with E-state index < -0.39 is 11.3 Å². The zero-order valence-corrected chi connectivity index (χ0v) is 5.82. The first kappa shape index (κ1) is 9.03. The molecule has 0 amide bonds. The Morgan fingerprint density at radius 2 is 2.22 bits per heavy atom. The maximum Gasteiger partial charge on any atom is 0.0431 e. The Hall–Kier alpha value is 0.0300. The van der Waals surface area contributed by atoms with Gasteiger partial charge in [0.1, 0.15) is 0 Å². The molecule has 0 aromatic rings. The van der Waals surface area contributed by atoms with Crippen LogP contribution in [0.1, 0.15) is 12.8 Å². The molecule has 0 heterocycles. The summed E-state index contributed by atoms with van der Waals surface area (Å²) in [6.45, 7) is 0.532. The SMILES string of the molecule is O=S([O-])NCCCCO. The van der Waals surface area contributed by atoms with Crippen molar-refractivity contribution in [1.82, 2.24) is 4.72 Å². The molecular formula is C4H10NO3S-. The Bertz CT molecular complexity index is 87.9. The van der Waals surface area contributed by atoms with E-state index in [0.29, 0.717) is 19.4 Å². The summed E-state index contributed by atoms with van der Waals surface area (Å²) in [5.41, 5.74) is 0. The van der Waals surface area contributed by atoms with Crippen molar-refractivity contribution in [3.8, 4) is 0 Å². The van der Waals surface area contributed by atoms with Gasteiger partial charge in [0.2, 0.25) is 0 Å². The van der Waals surface area contributed by atoms with E-state index in [9.17, 15) is 8.76 Å². The van der Waals surface area contributed by atoms with Crippen LogP contribution in [-0.2, 0) is 11.3 Å². The fourth-order valence-electron chi connectivity index (χ4n) is 0.392. The lowest BCUT2D eigenvalue weighted by Crippen LogP contribution is -2.17. The average Bonchev–Trinajstić information content (AvgIpc) is 1.80. The van der Waals surface area contributed by atoms with E-state index >= 15 is 0 Å². The molecule has 0 aliphatic rings. The van der Waals surface area contributed by atoms with Crippen molar-refractivity contribution < 1.29 is 13.9 Å². The standard InChI is InChI=1S/C4H11NO3S/c6-4-2-1-3-5-9(7)8/h5-6H,1-4H2,(H,7,8)/p-1. The Labute approximate surface area is 56.7 Å². The molecule has 0 saturated heterocycles. The molecule has 5 heteroatoms. The number of hydrogen-bond acceptors (Lipinski definition) is 3. The minimum Gasteiger partial charge on any atom is -0.760 e. The number of rotatable bonds is 5. The zero-order chi connectivity index (χ0) is 7.11. The van der Waals surface area contributed by atoms with Gasteiger partial charge in [0.15, 0.2) is 0 Å². The molecule has 1 atom stereocenters. The molecule has 4 nitrogen and oxygen atoms in total. The minimum absolute atomic E-state index is 0.118. The number of hydrogen-bond donors (Lipinski definition) is 2.